The van der Waals surface area contributed by atoms with Crippen molar-refractivity contribution in [2.45, 2.75) is 86.1 Å². The lowest BCUT2D eigenvalue weighted by atomic mass is 9.93. The Bertz CT molecular complexity index is 802. The average molecular weight is 474 g/mol. The van der Waals surface area contributed by atoms with Crippen LogP contribution < -0.4 is 0 Å². The maximum absolute atomic E-state index is 13.9. The van der Waals surface area contributed by atoms with Crippen LogP contribution in [0.15, 0.2) is 40.2 Å². The number of halogens is 3. The summed E-state index contributed by atoms with van der Waals surface area (Å²) >= 11 is 5.48. The molecule has 0 radical (unpaired) electrons. The quantitative estimate of drug-likeness (QED) is 0.254. The van der Waals surface area contributed by atoms with Crippen LogP contribution in [0.3, 0.4) is 0 Å². The van der Waals surface area contributed by atoms with Crippen molar-refractivity contribution in [1.82, 2.24) is 9.80 Å². The van der Waals surface area contributed by atoms with Gasteiger partial charge in [0.15, 0.2) is 0 Å². The summed E-state index contributed by atoms with van der Waals surface area (Å²) in [7, 11) is 0. The SMILES string of the molecule is C\C=C(C(/C(C)=N/C=C/CC)=C(/C)N1CCN(C(=S)OC(C)(C)C)CC1(C)C)\C(F)(F)F. The Morgan fingerprint density at radius 1 is 1.16 bits per heavy atom. The molecule has 1 rings (SSSR count). The van der Waals surface area contributed by atoms with E-state index in [2.05, 4.69) is 4.99 Å². The highest BCUT2D eigenvalue weighted by molar-refractivity contribution is 7.80. The van der Waals surface area contributed by atoms with Crippen molar-refractivity contribution in [2.75, 3.05) is 19.6 Å². The molecule has 0 aromatic carbocycles. The fourth-order valence-corrected chi connectivity index (χ4v) is 4.24. The molecule has 32 heavy (non-hydrogen) atoms. The minimum Gasteiger partial charge on any atom is -0.465 e. The van der Waals surface area contributed by atoms with Crippen LogP contribution in [0.4, 0.5) is 13.2 Å². The highest BCUT2D eigenvalue weighted by Crippen LogP contribution is 2.37. The van der Waals surface area contributed by atoms with E-state index in [1.165, 1.54) is 6.92 Å². The van der Waals surface area contributed by atoms with Gasteiger partial charge in [-0.1, -0.05) is 19.1 Å². The maximum atomic E-state index is 13.9. The van der Waals surface area contributed by atoms with Crippen LogP contribution in [0, 0.1) is 0 Å². The van der Waals surface area contributed by atoms with Crippen molar-refractivity contribution < 1.29 is 17.9 Å². The summed E-state index contributed by atoms with van der Waals surface area (Å²) in [6, 6.07) is 0. The first-order chi connectivity index (χ1) is 14.5. The molecular weight excluding hydrogens is 435 g/mol. The number of ether oxygens (including phenoxy) is 1. The molecule has 1 aliphatic heterocycles. The molecular formula is C24H38F3N3OS. The summed E-state index contributed by atoms with van der Waals surface area (Å²) < 4.78 is 47.6. The van der Waals surface area contributed by atoms with Crippen LogP contribution in [-0.2, 0) is 4.74 Å². The molecule has 1 saturated heterocycles. The first kappa shape index (κ1) is 28.2. The van der Waals surface area contributed by atoms with E-state index in [1.807, 2.05) is 57.4 Å². The van der Waals surface area contributed by atoms with Gasteiger partial charge in [-0.15, -0.1) is 0 Å². The van der Waals surface area contributed by atoms with Crippen LogP contribution in [0.1, 0.15) is 68.7 Å². The van der Waals surface area contributed by atoms with Gasteiger partial charge in [-0.25, -0.2) is 0 Å². The molecule has 8 heteroatoms. The molecule has 1 heterocycles. The third kappa shape index (κ3) is 7.64. The Balaban J connectivity index is 3.43. The van der Waals surface area contributed by atoms with E-state index in [0.717, 1.165) is 12.5 Å². The lowest BCUT2D eigenvalue weighted by Crippen LogP contribution is -2.60. The normalized spacial score (nSPS) is 19.4. The van der Waals surface area contributed by atoms with Gasteiger partial charge in [-0.05, 0) is 74.0 Å². The van der Waals surface area contributed by atoms with Crippen molar-refractivity contribution >= 4 is 23.1 Å². The topological polar surface area (TPSA) is 28.1 Å². The Morgan fingerprint density at radius 2 is 1.75 bits per heavy atom. The van der Waals surface area contributed by atoms with E-state index >= 15 is 0 Å². The van der Waals surface area contributed by atoms with Gasteiger partial charge < -0.3 is 14.5 Å². The molecule has 1 aliphatic rings. The number of hydrogen-bond donors (Lipinski definition) is 0. The van der Waals surface area contributed by atoms with E-state index in [4.69, 9.17) is 17.0 Å². The molecule has 0 aliphatic carbocycles. The zero-order chi connectivity index (χ0) is 24.9. The summed E-state index contributed by atoms with van der Waals surface area (Å²) in [6.07, 6.45) is 0.785. The number of hydrogen-bond acceptors (Lipinski definition) is 4. The van der Waals surface area contributed by atoms with Crippen molar-refractivity contribution in [2.24, 2.45) is 4.99 Å². The third-order valence-electron chi connectivity index (χ3n) is 5.15. The van der Waals surface area contributed by atoms with Crippen molar-refractivity contribution in [1.29, 1.82) is 0 Å². The number of piperazine rings is 1. The van der Waals surface area contributed by atoms with E-state index in [0.29, 0.717) is 36.2 Å². The van der Waals surface area contributed by atoms with Gasteiger partial charge >= 0.3 is 6.18 Å². The van der Waals surface area contributed by atoms with Crippen molar-refractivity contribution in [3.05, 3.63) is 35.2 Å². The molecule has 0 N–H and O–H groups in total. The molecule has 0 aromatic rings. The Hall–Kier alpha value is -1.83. The second kappa shape index (κ2) is 10.9. The first-order valence-corrected chi connectivity index (χ1v) is 11.4. The largest absolute Gasteiger partial charge is 0.465 e. The Kier molecular flexibility index (Phi) is 9.57. The average Bonchev–Trinajstić information content (AvgIpc) is 2.62. The molecule has 0 saturated carbocycles. The highest BCUT2D eigenvalue weighted by atomic mass is 32.1. The van der Waals surface area contributed by atoms with Crippen LogP contribution in [0.2, 0.25) is 0 Å². The Labute approximate surface area is 196 Å². The lowest BCUT2D eigenvalue weighted by molar-refractivity contribution is -0.0892. The third-order valence-corrected chi connectivity index (χ3v) is 5.50. The minimum absolute atomic E-state index is 0.121. The monoisotopic (exact) mass is 473 g/mol. The smallest absolute Gasteiger partial charge is 0.416 e. The molecule has 0 atom stereocenters. The maximum Gasteiger partial charge on any atom is 0.416 e. The van der Waals surface area contributed by atoms with Gasteiger partial charge in [0.2, 0.25) is 0 Å². The summed E-state index contributed by atoms with van der Waals surface area (Å²) in [5.41, 5.74) is -0.546. The fourth-order valence-electron chi connectivity index (χ4n) is 3.83. The second-order valence-electron chi connectivity index (χ2n) is 9.53. The summed E-state index contributed by atoms with van der Waals surface area (Å²) in [6.45, 7) is 18.2. The summed E-state index contributed by atoms with van der Waals surface area (Å²) in [5, 5.41) is 0.416. The number of alkyl halides is 3. The number of allylic oxidation sites excluding steroid dienone is 5. The standard InChI is InChI=1S/C24H38F3N3OS/c1-10-12-13-28-17(3)20(19(11-2)24(25,26)27)18(4)30-15-14-29(16-23(30,8)9)21(32)31-22(5,6)7/h11-13H,10,14-16H2,1-9H3/b13-12+,19-11+,20-18-,28-17+. The predicted octanol–water partition coefficient (Wildman–Crippen LogP) is 6.65. The number of aliphatic imine (C=N–C) groups is 1. The predicted molar refractivity (Wildman–Crippen MR) is 131 cm³/mol. The van der Waals surface area contributed by atoms with E-state index in [1.54, 1.807) is 20.0 Å². The number of rotatable bonds is 5. The molecule has 4 nitrogen and oxygen atoms in total. The molecule has 0 unspecified atom stereocenters. The molecule has 1 fully saturated rings. The number of nitrogens with zero attached hydrogens (tertiary/aromatic N) is 3. The van der Waals surface area contributed by atoms with E-state index < -0.39 is 22.9 Å². The van der Waals surface area contributed by atoms with Crippen LogP contribution in [0.25, 0.3) is 0 Å². The van der Waals surface area contributed by atoms with Gasteiger partial charge in [0, 0.05) is 42.8 Å². The molecule has 0 amide bonds. The van der Waals surface area contributed by atoms with Crippen molar-refractivity contribution in [3.63, 3.8) is 0 Å². The van der Waals surface area contributed by atoms with Crippen molar-refractivity contribution in [3.8, 4) is 0 Å². The van der Waals surface area contributed by atoms with Gasteiger partial charge in [0.05, 0.1) is 11.1 Å². The van der Waals surface area contributed by atoms with Crippen LogP contribution in [0.5, 0.6) is 0 Å². The van der Waals surface area contributed by atoms with Gasteiger partial charge in [-0.2, -0.15) is 13.2 Å². The molecule has 0 spiro atoms. The van der Waals surface area contributed by atoms with Crippen LogP contribution >= 0.6 is 12.2 Å². The van der Waals surface area contributed by atoms with Gasteiger partial charge in [-0.3, -0.25) is 4.99 Å². The minimum atomic E-state index is -4.48. The lowest BCUT2D eigenvalue weighted by Gasteiger charge is -2.50. The summed E-state index contributed by atoms with van der Waals surface area (Å²) in [4.78, 5) is 8.31. The zero-order valence-corrected chi connectivity index (χ0v) is 21.7. The summed E-state index contributed by atoms with van der Waals surface area (Å²) in [5.74, 6) is 0. The van der Waals surface area contributed by atoms with Gasteiger partial charge in [0.25, 0.3) is 5.17 Å². The van der Waals surface area contributed by atoms with E-state index in [9.17, 15) is 13.2 Å². The van der Waals surface area contributed by atoms with E-state index in [-0.39, 0.29) is 5.57 Å². The second-order valence-corrected chi connectivity index (χ2v) is 9.88. The number of thiocarbonyl (C=S) groups is 1. The van der Waals surface area contributed by atoms with Gasteiger partial charge in [0.1, 0.15) is 5.60 Å². The molecule has 182 valence electrons. The van der Waals surface area contributed by atoms with Crippen LogP contribution in [-0.4, -0.2) is 57.6 Å². The fraction of sp³-hybridized carbons (Fsp3) is 0.667. The Morgan fingerprint density at radius 3 is 2.19 bits per heavy atom. The zero-order valence-electron chi connectivity index (χ0n) is 20.9. The highest BCUT2D eigenvalue weighted by Gasteiger charge is 2.41. The molecule has 0 bridgehead atoms. The first-order valence-electron chi connectivity index (χ1n) is 10.9. The molecule has 0 aromatic heterocycles.